The van der Waals surface area contributed by atoms with Crippen molar-refractivity contribution in [3.8, 4) is 34.5 Å². The number of nitrogens with zero attached hydrogens (tertiary/aromatic N) is 2. The smallest absolute Gasteiger partial charge is 0.312 e. The van der Waals surface area contributed by atoms with E-state index in [4.69, 9.17) is 37.8 Å². The number of amides is 1. The summed E-state index contributed by atoms with van der Waals surface area (Å²) >= 11 is 0. The summed E-state index contributed by atoms with van der Waals surface area (Å²) in [5.74, 6) is -7.07. The molecular formula is C48H59N3O14. The molecule has 0 saturated carbocycles. The number of methoxy groups -OCH3 is 2. The molecule has 4 N–H and O–H groups in total. The fourth-order valence-corrected chi connectivity index (χ4v) is 8.71. The Morgan fingerprint density at radius 3 is 2.32 bits per heavy atom. The number of phenols is 2. The van der Waals surface area contributed by atoms with Crippen LogP contribution in [0.3, 0.4) is 0 Å². The Labute approximate surface area is 376 Å². The van der Waals surface area contributed by atoms with E-state index in [1.165, 1.54) is 72.5 Å². The van der Waals surface area contributed by atoms with Crippen LogP contribution in [0.5, 0.6) is 23.0 Å². The molecule has 0 saturated heterocycles. The van der Waals surface area contributed by atoms with Crippen molar-refractivity contribution in [1.82, 2.24) is 9.88 Å². The molecule has 1 amide bonds. The van der Waals surface area contributed by atoms with Crippen LogP contribution in [0.1, 0.15) is 64.4 Å². The van der Waals surface area contributed by atoms with Crippen molar-refractivity contribution >= 4 is 45.2 Å². The number of aromatic hydroxyl groups is 2. The first kappa shape index (κ1) is 48.4. The van der Waals surface area contributed by atoms with E-state index >= 15 is 0 Å². The molecule has 1 aliphatic carbocycles. The number of ketones is 1. The lowest BCUT2D eigenvalue weighted by molar-refractivity contribution is -0.162. The molecule has 7 rings (SSSR count). The summed E-state index contributed by atoms with van der Waals surface area (Å²) in [6.07, 6.45) is 4.49. The fourth-order valence-electron chi connectivity index (χ4n) is 8.71. The summed E-state index contributed by atoms with van der Waals surface area (Å²) in [6, 6.07) is 2.82. The third-order valence-corrected chi connectivity index (χ3v) is 12.4. The Hall–Kier alpha value is -6.01. The first-order valence-electron chi connectivity index (χ1n) is 21.4. The van der Waals surface area contributed by atoms with Crippen LogP contribution in [0, 0.1) is 30.6 Å². The van der Waals surface area contributed by atoms with E-state index in [9.17, 15) is 34.5 Å². The molecule has 350 valence electrons. The van der Waals surface area contributed by atoms with E-state index in [-0.39, 0.29) is 73.9 Å². The van der Waals surface area contributed by atoms with Crippen LogP contribution in [0.25, 0.3) is 33.3 Å². The van der Waals surface area contributed by atoms with Gasteiger partial charge in [0.1, 0.15) is 52.6 Å². The highest BCUT2D eigenvalue weighted by atomic mass is 16.7. The minimum absolute atomic E-state index is 0.0198. The van der Waals surface area contributed by atoms with Crippen molar-refractivity contribution in [3.63, 3.8) is 0 Å². The van der Waals surface area contributed by atoms with E-state index in [0.29, 0.717) is 6.54 Å². The molecule has 0 aromatic heterocycles. The van der Waals surface area contributed by atoms with Gasteiger partial charge < -0.3 is 58.4 Å². The number of hydrogen-bond donors (Lipinski definition) is 4. The van der Waals surface area contributed by atoms with Crippen LogP contribution in [0.4, 0.5) is 5.69 Å². The molecule has 5 bridgehead atoms. The number of benzene rings is 3. The van der Waals surface area contributed by atoms with Gasteiger partial charge in [-0.15, -0.1) is 0 Å². The lowest BCUT2D eigenvalue weighted by Crippen LogP contribution is -2.47. The number of carbonyl (C=O) groups is 3. The number of likely N-dealkylation sites (N-methyl/N-ethyl adjacent to an activating group) is 1. The number of ether oxygens (including phenoxy) is 6. The Morgan fingerprint density at radius 1 is 0.969 bits per heavy atom. The van der Waals surface area contributed by atoms with Gasteiger partial charge >= 0.3 is 11.8 Å². The van der Waals surface area contributed by atoms with Gasteiger partial charge in [0.15, 0.2) is 11.3 Å². The average Bonchev–Trinajstić information content (AvgIpc) is 3.52. The van der Waals surface area contributed by atoms with Crippen molar-refractivity contribution < 1.29 is 62.5 Å². The molecular weight excluding hydrogens is 843 g/mol. The van der Waals surface area contributed by atoms with Crippen LogP contribution >= 0.6 is 0 Å². The Balaban J connectivity index is 1.60. The van der Waals surface area contributed by atoms with Crippen LogP contribution < -0.4 is 20.2 Å². The second-order valence-electron chi connectivity index (χ2n) is 17.4. The first-order chi connectivity index (χ1) is 30.6. The standard InChI is InChI=1S/C48H59N3O14/c1-22-14-13-15-23(2)47(58)50-38-41(56)34-33(37-45(38)64-32-21-29(61-19-17-51(9)10)20-30(53)36(32)49-37)35-44(26(5)40(34)55)65-48(8,46(35)57)62-18-16-31(59-11)24(3)43(63-28(7)52)27(6)42(60-12)25(4)39(22)54/h13-16,18,20-22,24-25,27,31,39,42-43,53-55H,17,19H2,1-12H3,(H,50,58)/b14-13+,18-16+,23-15-/t22-,24+,25+,27+,31-,39-,42+,43+,48-/m0/s1. The molecule has 0 unspecified atom stereocenters. The zero-order valence-corrected chi connectivity index (χ0v) is 38.8. The number of carbonyl (C=O) groups excluding carboxylic acids is 3. The summed E-state index contributed by atoms with van der Waals surface area (Å²) in [5, 5.41) is 36.8. The lowest BCUT2D eigenvalue weighted by atomic mass is 9.78. The van der Waals surface area contributed by atoms with Gasteiger partial charge in [-0.1, -0.05) is 45.9 Å². The Kier molecular flexibility index (Phi) is 14.3. The van der Waals surface area contributed by atoms with Gasteiger partial charge in [-0.05, 0) is 34.0 Å². The predicted octanol–water partition coefficient (Wildman–Crippen LogP) is 6.25. The number of rotatable bonds is 7. The molecule has 0 spiro atoms. The number of hydrogen-bond acceptors (Lipinski definition) is 16. The molecule has 5 aliphatic rings. The van der Waals surface area contributed by atoms with E-state index in [1.807, 2.05) is 46.7 Å². The van der Waals surface area contributed by atoms with Gasteiger partial charge in [0.05, 0.1) is 35.5 Å². The zero-order valence-electron chi connectivity index (χ0n) is 38.8. The molecule has 4 aliphatic heterocycles. The molecule has 2 aromatic carbocycles. The molecule has 17 heteroatoms. The summed E-state index contributed by atoms with van der Waals surface area (Å²) in [4.78, 5) is 62.6. The van der Waals surface area contributed by atoms with Crippen molar-refractivity contribution in [2.45, 2.75) is 85.6 Å². The van der Waals surface area contributed by atoms with Gasteiger partial charge in [0.25, 0.3) is 11.7 Å². The topological polar surface area (TPSA) is 226 Å². The van der Waals surface area contributed by atoms with Crippen molar-refractivity contribution in [1.29, 1.82) is 0 Å². The summed E-state index contributed by atoms with van der Waals surface area (Å²) < 4.78 is 42.2. The monoisotopic (exact) mass is 901 g/mol. The largest absolute Gasteiger partial charge is 0.507 e. The maximum absolute atomic E-state index is 14.8. The van der Waals surface area contributed by atoms with Gasteiger partial charge in [-0.3, -0.25) is 19.2 Å². The number of aliphatic hydroxyl groups excluding tert-OH is 1. The molecule has 65 heavy (non-hydrogen) atoms. The van der Waals surface area contributed by atoms with Crippen molar-refractivity contribution in [2.75, 3.05) is 46.8 Å². The number of allylic oxidation sites excluding steroid dienone is 2. The minimum atomic E-state index is -2.07. The zero-order chi connectivity index (χ0) is 47.8. The highest BCUT2D eigenvalue weighted by Crippen LogP contribution is 2.51. The van der Waals surface area contributed by atoms with Crippen molar-refractivity contribution in [3.05, 3.63) is 69.6 Å². The molecule has 9 atom stereocenters. The Bertz CT molecular complexity index is 2620. The normalized spacial score (nSPS) is 28.5. The second-order valence-corrected chi connectivity index (χ2v) is 17.4. The summed E-state index contributed by atoms with van der Waals surface area (Å²) in [6.45, 7) is 13.8. The third kappa shape index (κ3) is 9.28. The van der Waals surface area contributed by atoms with Crippen LogP contribution in [0.2, 0.25) is 0 Å². The molecule has 0 fully saturated rings. The second kappa shape index (κ2) is 19.2. The van der Waals surface area contributed by atoms with E-state index < -0.39 is 88.4 Å². The number of nitrogens with one attached hydrogen (secondary N) is 1. The summed E-state index contributed by atoms with van der Waals surface area (Å²) in [5.41, 5.74) is -1.55. The molecule has 17 nitrogen and oxygen atoms in total. The van der Waals surface area contributed by atoms with E-state index in [0.717, 1.165) is 0 Å². The Morgan fingerprint density at radius 2 is 1.68 bits per heavy atom. The number of aromatic nitrogens is 1. The highest BCUT2D eigenvalue weighted by molar-refractivity contribution is 6.22. The van der Waals surface area contributed by atoms with Crippen molar-refractivity contribution in [2.24, 2.45) is 23.7 Å². The number of Topliss-reactive ketones (excluding diaryl/α,β-unsaturated/α-hetero) is 1. The van der Waals surface area contributed by atoms with Crippen LogP contribution in [-0.4, -0.2) is 115 Å². The quantitative estimate of drug-likeness (QED) is 0.0914. The summed E-state index contributed by atoms with van der Waals surface area (Å²) in [7, 11) is 6.74. The highest BCUT2D eigenvalue weighted by Gasteiger charge is 2.50. The minimum Gasteiger partial charge on any atom is -0.507 e. The molecule has 0 radical (unpaired) electrons. The van der Waals surface area contributed by atoms with Crippen LogP contribution in [0.15, 0.2) is 57.5 Å². The van der Waals surface area contributed by atoms with Gasteiger partial charge in [0, 0.05) is 86.9 Å². The maximum atomic E-state index is 14.8. The number of phenolic OH excluding ortho intramolecular Hbond substituents is 2. The number of fused-ring (bicyclic) bond motifs is 14. The molecule has 4 heterocycles. The van der Waals surface area contributed by atoms with Gasteiger partial charge in [0.2, 0.25) is 5.43 Å². The van der Waals surface area contributed by atoms with Gasteiger partial charge in [-0.2, -0.15) is 0 Å². The van der Waals surface area contributed by atoms with Crippen LogP contribution in [-0.2, 0) is 28.5 Å². The maximum Gasteiger partial charge on any atom is 0.312 e. The first-order valence-corrected chi connectivity index (χ1v) is 21.4. The SMILES string of the molecule is CO[C@H]1[C@@H](C)[C@H](OC(C)=O)[C@H](C)[C@@H](OC)/C=C/O[C@@]2(C)Oc3c(C)c(O)c4c(=O)c(c5oc6cc(OCCN(C)C)cc(O)c6nc-5c4c3C2=O)NC(=O)/C(C)=C\C=C\[C@H](C)[C@H](O)[C@H]1C. The number of esters is 1. The van der Waals surface area contributed by atoms with Gasteiger partial charge in [-0.25, -0.2) is 4.98 Å². The third-order valence-electron chi connectivity index (χ3n) is 12.4. The lowest BCUT2D eigenvalue weighted by Gasteiger charge is -2.39. The van der Waals surface area contributed by atoms with E-state index in [2.05, 4.69) is 5.32 Å². The molecule has 2 aromatic rings. The number of aliphatic hydroxyl groups is 1. The average molecular weight is 902 g/mol. The fraction of sp³-hybridized carbons (Fsp3) is 0.479. The number of anilines is 1. The predicted molar refractivity (Wildman–Crippen MR) is 241 cm³/mol. The van der Waals surface area contributed by atoms with E-state index in [1.54, 1.807) is 12.2 Å².